The predicted octanol–water partition coefficient (Wildman–Crippen LogP) is 3.16. The number of rotatable bonds is 5. The van der Waals surface area contributed by atoms with Gasteiger partial charge in [0.1, 0.15) is 12.2 Å². The number of nitrogens with zero attached hydrogens (tertiary/aromatic N) is 4. The Bertz CT molecular complexity index is 1020. The number of benzene rings is 1. The van der Waals surface area contributed by atoms with E-state index in [2.05, 4.69) is 30.5 Å². The van der Waals surface area contributed by atoms with Crippen LogP contribution in [0.4, 0.5) is 4.79 Å². The van der Waals surface area contributed by atoms with Crippen LogP contribution in [0.3, 0.4) is 0 Å². The minimum Gasteiger partial charge on any atom is -0.333 e. The van der Waals surface area contributed by atoms with Gasteiger partial charge in [-0.1, -0.05) is 69.3 Å². The van der Waals surface area contributed by atoms with Crippen LogP contribution >= 0.6 is 0 Å². The maximum Gasteiger partial charge on any atom is 0.334 e. The smallest absolute Gasteiger partial charge is 0.333 e. The number of carbonyl (C=O) groups is 3. The van der Waals surface area contributed by atoms with Crippen molar-refractivity contribution in [2.24, 2.45) is 11.8 Å². The number of fused-ring (bicyclic) bond motifs is 1. The molecule has 2 heterocycles. The van der Waals surface area contributed by atoms with E-state index in [1.807, 2.05) is 56.0 Å². The second-order valence-electron chi connectivity index (χ2n) is 10.2. The molecule has 1 aromatic rings. The molecule has 0 saturated carbocycles. The molecular weight excluding hydrogens is 442 g/mol. The number of hydrogen-bond donors (Lipinski definition) is 1. The molecule has 0 bridgehead atoms. The van der Waals surface area contributed by atoms with Crippen LogP contribution in [0.2, 0.25) is 0 Å². The van der Waals surface area contributed by atoms with Gasteiger partial charge in [-0.15, -0.1) is 0 Å². The maximum absolute atomic E-state index is 13.7. The second-order valence-corrected chi connectivity index (χ2v) is 10.2. The van der Waals surface area contributed by atoms with E-state index in [4.69, 9.17) is 0 Å². The van der Waals surface area contributed by atoms with Crippen LogP contribution in [0.25, 0.3) is 0 Å². The van der Waals surface area contributed by atoms with Crippen molar-refractivity contribution in [1.82, 2.24) is 25.1 Å². The van der Waals surface area contributed by atoms with Crippen LogP contribution in [-0.4, -0.2) is 76.6 Å². The SMILES string of the molecule is CC1C=CC(CNC(=O)N2[C@H]3CN([C@@H](C)c4ccccc4)C(=O)[C@H](C(C)C)N3C(=O)CN2C)=CC1. The molecule has 4 atom stereocenters. The zero-order chi connectivity index (χ0) is 25.3. The van der Waals surface area contributed by atoms with Gasteiger partial charge >= 0.3 is 6.03 Å². The van der Waals surface area contributed by atoms with Crippen LogP contribution in [0.1, 0.15) is 45.7 Å². The second kappa shape index (κ2) is 10.2. The fourth-order valence-corrected chi connectivity index (χ4v) is 5.24. The number of carbonyl (C=O) groups excluding carboxylic acids is 3. The van der Waals surface area contributed by atoms with E-state index in [0.717, 1.165) is 17.6 Å². The van der Waals surface area contributed by atoms with Crippen molar-refractivity contribution in [3.63, 3.8) is 0 Å². The third-order valence-electron chi connectivity index (χ3n) is 7.24. The molecule has 3 aliphatic rings. The number of allylic oxidation sites excluding steroid dienone is 2. The first kappa shape index (κ1) is 25.0. The summed E-state index contributed by atoms with van der Waals surface area (Å²) in [5.74, 6) is 0.213. The summed E-state index contributed by atoms with van der Waals surface area (Å²) in [6, 6.07) is 8.80. The summed E-state index contributed by atoms with van der Waals surface area (Å²) < 4.78 is 0. The number of hydrogen-bond acceptors (Lipinski definition) is 4. The molecule has 0 aromatic heterocycles. The van der Waals surface area contributed by atoms with E-state index in [0.29, 0.717) is 12.5 Å². The quantitative estimate of drug-likeness (QED) is 0.704. The molecule has 2 saturated heterocycles. The van der Waals surface area contributed by atoms with Gasteiger partial charge in [-0.05, 0) is 36.3 Å². The molecule has 2 aliphatic heterocycles. The Hall–Kier alpha value is -3.13. The van der Waals surface area contributed by atoms with Crippen molar-refractivity contribution in [1.29, 1.82) is 0 Å². The first-order valence-electron chi connectivity index (χ1n) is 12.5. The van der Waals surface area contributed by atoms with Crippen LogP contribution in [0.15, 0.2) is 54.1 Å². The molecule has 4 amide bonds. The molecule has 0 radical (unpaired) electrons. The van der Waals surface area contributed by atoms with Gasteiger partial charge in [0, 0.05) is 13.6 Å². The molecule has 1 unspecified atom stereocenters. The summed E-state index contributed by atoms with van der Waals surface area (Å²) in [5.41, 5.74) is 2.09. The number of amides is 4. The first-order valence-corrected chi connectivity index (χ1v) is 12.5. The third kappa shape index (κ3) is 4.98. The molecule has 4 rings (SSSR count). The number of likely N-dealkylation sites (N-methyl/N-ethyl adjacent to an activating group) is 1. The average Bonchev–Trinajstić information content (AvgIpc) is 2.83. The van der Waals surface area contributed by atoms with Crippen LogP contribution < -0.4 is 5.32 Å². The highest BCUT2D eigenvalue weighted by Crippen LogP contribution is 2.33. The summed E-state index contributed by atoms with van der Waals surface area (Å²) >= 11 is 0. The van der Waals surface area contributed by atoms with E-state index in [-0.39, 0.29) is 42.9 Å². The minimum atomic E-state index is -0.623. The Balaban J connectivity index is 1.61. The van der Waals surface area contributed by atoms with Crippen LogP contribution in [0.5, 0.6) is 0 Å². The Morgan fingerprint density at radius 3 is 2.49 bits per heavy atom. The van der Waals surface area contributed by atoms with Gasteiger partial charge in [0.25, 0.3) is 0 Å². The first-order chi connectivity index (χ1) is 16.7. The molecule has 1 N–H and O–H groups in total. The van der Waals surface area contributed by atoms with Crippen molar-refractivity contribution in [3.8, 4) is 0 Å². The summed E-state index contributed by atoms with van der Waals surface area (Å²) in [7, 11) is 1.75. The lowest BCUT2D eigenvalue weighted by atomic mass is 9.94. The van der Waals surface area contributed by atoms with Gasteiger partial charge in [-0.2, -0.15) is 0 Å². The highest BCUT2D eigenvalue weighted by molar-refractivity contribution is 5.91. The summed E-state index contributed by atoms with van der Waals surface area (Å²) in [5, 5.41) is 6.32. The third-order valence-corrected chi connectivity index (χ3v) is 7.24. The van der Waals surface area contributed by atoms with E-state index < -0.39 is 12.2 Å². The Labute approximate surface area is 208 Å². The Kier molecular flexibility index (Phi) is 7.31. The van der Waals surface area contributed by atoms with Crippen molar-refractivity contribution in [3.05, 3.63) is 59.7 Å². The van der Waals surface area contributed by atoms with Crippen molar-refractivity contribution < 1.29 is 14.4 Å². The lowest BCUT2D eigenvalue weighted by Gasteiger charge is -2.56. The fourth-order valence-electron chi connectivity index (χ4n) is 5.24. The van der Waals surface area contributed by atoms with E-state index in [1.165, 1.54) is 0 Å². The Morgan fingerprint density at radius 1 is 1.14 bits per heavy atom. The summed E-state index contributed by atoms with van der Waals surface area (Å²) in [4.78, 5) is 43.8. The zero-order valence-electron chi connectivity index (χ0n) is 21.3. The summed E-state index contributed by atoms with van der Waals surface area (Å²) in [6.07, 6.45) is 6.74. The van der Waals surface area contributed by atoms with Gasteiger partial charge in [-0.25, -0.2) is 14.8 Å². The van der Waals surface area contributed by atoms with Crippen molar-refractivity contribution in [2.75, 3.05) is 26.7 Å². The van der Waals surface area contributed by atoms with Crippen molar-refractivity contribution in [2.45, 2.75) is 52.4 Å². The molecule has 8 nitrogen and oxygen atoms in total. The highest BCUT2D eigenvalue weighted by atomic mass is 16.2. The topological polar surface area (TPSA) is 76.2 Å². The van der Waals surface area contributed by atoms with Crippen molar-refractivity contribution >= 4 is 17.8 Å². The van der Waals surface area contributed by atoms with E-state index in [1.54, 1.807) is 22.0 Å². The highest BCUT2D eigenvalue weighted by Gasteiger charge is 2.52. The van der Waals surface area contributed by atoms with Gasteiger partial charge in [0.15, 0.2) is 0 Å². The number of hydrazine groups is 1. The molecule has 8 heteroatoms. The average molecular weight is 480 g/mol. The molecule has 188 valence electrons. The van der Waals surface area contributed by atoms with Gasteiger partial charge < -0.3 is 15.1 Å². The van der Waals surface area contributed by atoms with E-state index >= 15 is 0 Å². The van der Waals surface area contributed by atoms with Gasteiger partial charge in [0.05, 0.1) is 19.1 Å². The number of urea groups is 1. The zero-order valence-corrected chi connectivity index (χ0v) is 21.3. The van der Waals surface area contributed by atoms with Crippen LogP contribution in [-0.2, 0) is 9.59 Å². The minimum absolute atomic E-state index is 0.0504. The van der Waals surface area contributed by atoms with Crippen LogP contribution in [0, 0.1) is 11.8 Å². The lowest BCUT2D eigenvalue weighted by molar-refractivity contribution is -0.192. The molecule has 35 heavy (non-hydrogen) atoms. The fraction of sp³-hybridized carbons (Fsp3) is 0.519. The lowest BCUT2D eigenvalue weighted by Crippen LogP contribution is -2.76. The van der Waals surface area contributed by atoms with E-state index in [9.17, 15) is 14.4 Å². The standard InChI is InChI=1S/C27H37N5O3/c1-18(2)25-26(34)30(20(4)22-9-7-6-8-10-22)16-23-31(25)24(33)17-29(5)32(23)27(35)28-15-21-13-11-19(3)12-14-21/h6-11,13-14,18-20,23,25H,12,15-17H2,1-5H3,(H,28,35)/t19?,20-,23-,25-/m0/s1. The molecule has 1 aliphatic carbocycles. The largest absolute Gasteiger partial charge is 0.334 e. The monoisotopic (exact) mass is 479 g/mol. The summed E-state index contributed by atoms with van der Waals surface area (Å²) in [6.45, 7) is 8.79. The number of nitrogens with one attached hydrogen (secondary N) is 1. The Morgan fingerprint density at radius 2 is 1.86 bits per heavy atom. The van der Waals surface area contributed by atoms with Gasteiger partial charge in [-0.3, -0.25) is 9.59 Å². The maximum atomic E-state index is 13.7. The normalized spacial score (nSPS) is 26.1. The van der Waals surface area contributed by atoms with Gasteiger partial charge in [0.2, 0.25) is 11.8 Å². The molecule has 1 aromatic carbocycles. The molecule has 0 spiro atoms. The molecular formula is C27H37N5O3. The predicted molar refractivity (Wildman–Crippen MR) is 135 cm³/mol. The molecule has 2 fully saturated rings. The number of piperazine rings is 1.